The van der Waals surface area contributed by atoms with Crippen molar-refractivity contribution >= 4 is 17.7 Å². The Balaban J connectivity index is 1.88. The van der Waals surface area contributed by atoms with Crippen LogP contribution in [0, 0.1) is 0 Å². The summed E-state index contributed by atoms with van der Waals surface area (Å²) in [5.74, 6) is -1.22. The van der Waals surface area contributed by atoms with Crippen molar-refractivity contribution in [1.29, 1.82) is 0 Å². The minimum absolute atomic E-state index is 0.113. The molecule has 1 aliphatic rings. The summed E-state index contributed by atoms with van der Waals surface area (Å²) >= 11 is 0. The zero-order valence-electron chi connectivity index (χ0n) is 12.4. The van der Waals surface area contributed by atoms with Gasteiger partial charge >= 0.3 is 11.8 Å². The first kappa shape index (κ1) is 16.0. The summed E-state index contributed by atoms with van der Waals surface area (Å²) in [7, 11) is 1.47. The first-order chi connectivity index (χ1) is 10.5. The topological polar surface area (TPSA) is 94.3 Å². The van der Waals surface area contributed by atoms with Gasteiger partial charge in [-0.05, 0) is 12.1 Å². The molecule has 2 heterocycles. The number of rotatable bonds is 3. The van der Waals surface area contributed by atoms with Crippen molar-refractivity contribution < 1.29 is 23.9 Å². The highest BCUT2D eigenvalue weighted by Gasteiger charge is 2.30. The predicted octanol–water partition coefficient (Wildman–Crippen LogP) is -0.985. The standard InChI is InChI=1S/C14H19N3O5/c1-15(8-9-18)13(20)14(21)17-6-4-16(5-7-17)12(19)11-3-2-10-22-11/h2-3,10,18H,4-9H2,1H3. The van der Waals surface area contributed by atoms with Crippen LogP contribution in [0.4, 0.5) is 0 Å². The number of likely N-dealkylation sites (N-methyl/N-ethyl adjacent to an activating group) is 1. The number of nitrogens with zero attached hydrogens (tertiary/aromatic N) is 3. The van der Waals surface area contributed by atoms with Gasteiger partial charge in [-0.1, -0.05) is 0 Å². The number of furan rings is 1. The van der Waals surface area contributed by atoms with Crippen LogP contribution in [0.25, 0.3) is 0 Å². The Bertz CT molecular complexity index is 535. The number of carbonyl (C=O) groups is 3. The molecule has 0 bridgehead atoms. The third-order valence-electron chi connectivity index (χ3n) is 3.55. The van der Waals surface area contributed by atoms with Crippen molar-refractivity contribution in [2.75, 3.05) is 46.4 Å². The molecule has 120 valence electrons. The average Bonchev–Trinajstić information content (AvgIpc) is 3.07. The molecule has 22 heavy (non-hydrogen) atoms. The molecular formula is C14H19N3O5. The van der Waals surface area contributed by atoms with Crippen molar-refractivity contribution in [2.24, 2.45) is 0 Å². The second kappa shape index (κ2) is 7.08. The number of aliphatic hydroxyl groups is 1. The summed E-state index contributed by atoms with van der Waals surface area (Å²) in [4.78, 5) is 40.2. The largest absolute Gasteiger partial charge is 0.459 e. The SMILES string of the molecule is CN(CCO)C(=O)C(=O)N1CCN(C(=O)c2ccco2)CC1. The number of hydrogen-bond donors (Lipinski definition) is 1. The number of carbonyl (C=O) groups excluding carboxylic acids is 3. The van der Waals surface area contributed by atoms with Gasteiger partial charge in [0.25, 0.3) is 5.91 Å². The summed E-state index contributed by atoms with van der Waals surface area (Å²) in [6, 6.07) is 3.23. The van der Waals surface area contributed by atoms with E-state index in [4.69, 9.17) is 9.52 Å². The molecule has 0 aromatic carbocycles. The molecule has 0 saturated carbocycles. The van der Waals surface area contributed by atoms with E-state index in [1.165, 1.54) is 23.1 Å². The van der Waals surface area contributed by atoms with E-state index < -0.39 is 11.8 Å². The first-order valence-electron chi connectivity index (χ1n) is 7.02. The fourth-order valence-corrected chi connectivity index (χ4v) is 2.22. The lowest BCUT2D eigenvalue weighted by Crippen LogP contribution is -2.54. The van der Waals surface area contributed by atoms with E-state index in [0.717, 1.165) is 0 Å². The Hall–Kier alpha value is -2.35. The molecule has 1 aliphatic heterocycles. The third kappa shape index (κ3) is 3.45. The quantitative estimate of drug-likeness (QED) is 0.724. The number of aliphatic hydroxyl groups excluding tert-OH is 1. The molecule has 8 nitrogen and oxygen atoms in total. The number of piperazine rings is 1. The van der Waals surface area contributed by atoms with Crippen LogP contribution in [0.1, 0.15) is 10.6 Å². The second-order valence-corrected chi connectivity index (χ2v) is 5.01. The Morgan fingerprint density at radius 3 is 2.41 bits per heavy atom. The Morgan fingerprint density at radius 1 is 1.23 bits per heavy atom. The first-order valence-corrected chi connectivity index (χ1v) is 7.02. The molecule has 0 unspecified atom stereocenters. The summed E-state index contributed by atoms with van der Waals surface area (Å²) in [6.07, 6.45) is 1.43. The van der Waals surface area contributed by atoms with Gasteiger partial charge in [-0.2, -0.15) is 0 Å². The third-order valence-corrected chi connectivity index (χ3v) is 3.55. The van der Waals surface area contributed by atoms with Crippen LogP contribution in [-0.4, -0.2) is 83.9 Å². The van der Waals surface area contributed by atoms with Gasteiger partial charge in [-0.15, -0.1) is 0 Å². The molecule has 1 aromatic heterocycles. The highest BCUT2D eigenvalue weighted by atomic mass is 16.3. The molecule has 1 fully saturated rings. The summed E-state index contributed by atoms with van der Waals surface area (Å²) in [5.41, 5.74) is 0. The molecule has 0 spiro atoms. The molecule has 2 rings (SSSR count). The Labute approximate surface area is 127 Å². The van der Waals surface area contributed by atoms with Crippen LogP contribution < -0.4 is 0 Å². The van der Waals surface area contributed by atoms with Crippen LogP contribution in [0.15, 0.2) is 22.8 Å². The zero-order valence-corrected chi connectivity index (χ0v) is 12.4. The fourth-order valence-electron chi connectivity index (χ4n) is 2.22. The smallest absolute Gasteiger partial charge is 0.312 e. The Kier molecular flexibility index (Phi) is 5.16. The van der Waals surface area contributed by atoms with Gasteiger partial charge in [0.2, 0.25) is 0 Å². The van der Waals surface area contributed by atoms with Crippen LogP contribution in [-0.2, 0) is 9.59 Å². The van der Waals surface area contributed by atoms with E-state index in [0.29, 0.717) is 26.2 Å². The maximum atomic E-state index is 12.1. The Morgan fingerprint density at radius 2 is 1.86 bits per heavy atom. The van der Waals surface area contributed by atoms with E-state index in [1.54, 1.807) is 17.0 Å². The molecule has 1 N–H and O–H groups in total. The van der Waals surface area contributed by atoms with Gasteiger partial charge in [-0.25, -0.2) is 0 Å². The van der Waals surface area contributed by atoms with Gasteiger partial charge in [0.05, 0.1) is 12.9 Å². The summed E-state index contributed by atoms with van der Waals surface area (Å²) in [5, 5.41) is 8.79. The van der Waals surface area contributed by atoms with Crippen LogP contribution in [0.2, 0.25) is 0 Å². The number of hydrogen-bond acceptors (Lipinski definition) is 5. The predicted molar refractivity (Wildman–Crippen MR) is 75.9 cm³/mol. The normalized spacial score (nSPS) is 14.8. The molecule has 0 atom stereocenters. The van der Waals surface area contributed by atoms with E-state index in [9.17, 15) is 14.4 Å². The minimum Gasteiger partial charge on any atom is -0.459 e. The van der Waals surface area contributed by atoms with Crippen molar-refractivity contribution in [2.45, 2.75) is 0 Å². The van der Waals surface area contributed by atoms with E-state index in [-0.39, 0.29) is 24.8 Å². The van der Waals surface area contributed by atoms with Crippen LogP contribution >= 0.6 is 0 Å². The molecule has 8 heteroatoms. The van der Waals surface area contributed by atoms with Gasteiger partial charge < -0.3 is 24.2 Å². The monoisotopic (exact) mass is 309 g/mol. The average molecular weight is 309 g/mol. The highest BCUT2D eigenvalue weighted by Crippen LogP contribution is 2.10. The van der Waals surface area contributed by atoms with Crippen molar-refractivity contribution in [3.8, 4) is 0 Å². The van der Waals surface area contributed by atoms with E-state index >= 15 is 0 Å². The lowest BCUT2D eigenvalue weighted by atomic mass is 10.2. The van der Waals surface area contributed by atoms with Crippen LogP contribution in [0.3, 0.4) is 0 Å². The molecule has 0 radical (unpaired) electrons. The minimum atomic E-state index is -0.653. The van der Waals surface area contributed by atoms with Gasteiger partial charge in [-0.3, -0.25) is 14.4 Å². The molecular weight excluding hydrogens is 290 g/mol. The van der Waals surface area contributed by atoms with Gasteiger partial charge in [0, 0.05) is 39.8 Å². The fraction of sp³-hybridized carbons (Fsp3) is 0.500. The lowest BCUT2D eigenvalue weighted by molar-refractivity contribution is -0.152. The highest BCUT2D eigenvalue weighted by molar-refractivity contribution is 6.34. The van der Waals surface area contributed by atoms with Crippen molar-refractivity contribution in [3.05, 3.63) is 24.2 Å². The van der Waals surface area contributed by atoms with Crippen molar-refractivity contribution in [3.63, 3.8) is 0 Å². The lowest BCUT2D eigenvalue weighted by Gasteiger charge is -2.34. The van der Waals surface area contributed by atoms with Gasteiger partial charge in [0.15, 0.2) is 5.76 Å². The summed E-state index contributed by atoms with van der Waals surface area (Å²) in [6.45, 7) is 1.21. The summed E-state index contributed by atoms with van der Waals surface area (Å²) < 4.78 is 5.06. The second-order valence-electron chi connectivity index (χ2n) is 5.01. The maximum absolute atomic E-state index is 12.1. The molecule has 0 aliphatic carbocycles. The van der Waals surface area contributed by atoms with E-state index in [1.807, 2.05) is 0 Å². The van der Waals surface area contributed by atoms with E-state index in [2.05, 4.69) is 0 Å². The zero-order chi connectivity index (χ0) is 16.1. The van der Waals surface area contributed by atoms with Crippen molar-refractivity contribution in [1.82, 2.24) is 14.7 Å². The maximum Gasteiger partial charge on any atom is 0.312 e. The number of amides is 3. The van der Waals surface area contributed by atoms with Gasteiger partial charge in [0.1, 0.15) is 0 Å². The molecule has 1 aromatic rings. The molecule has 3 amide bonds. The van der Waals surface area contributed by atoms with Crippen LogP contribution in [0.5, 0.6) is 0 Å². The molecule has 1 saturated heterocycles.